The summed E-state index contributed by atoms with van der Waals surface area (Å²) >= 11 is 0. The number of nitrogens with one attached hydrogen (secondary N) is 1. The summed E-state index contributed by atoms with van der Waals surface area (Å²) in [5.74, 6) is -0.295. The Bertz CT molecular complexity index is 201. The molecular formula is C10H19NO2. The second kappa shape index (κ2) is 4.90. The first kappa shape index (κ1) is 12.0. The average Bonchev–Trinajstić information content (AvgIpc) is 1.81. The van der Waals surface area contributed by atoms with Gasteiger partial charge in [-0.25, -0.2) is 4.79 Å². The standard InChI is InChI=1S/C10H19NO2/c1-6-13-9(12)7-8(2)11-10(3,4)5/h7,11H,6H2,1-5H3/b8-7+. The minimum atomic E-state index is -0.295. The Hall–Kier alpha value is -0.990. The molecule has 13 heavy (non-hydrogen) atoms. The summed E-state index contributed by atoms with van der Waals surface area (Å²) in [6.45, 7) is 10.2. The van der Waals surface area contributed by atoms with Crippen molar-refractivity contribution in [1.29, 1.82) is 0 Å². The molecule has 0 unspecified atom stereocenters. The molecule has 0 aromatic carbocycles. The van der Waals surface area contributed by atoms with Gasteiger partial charge in [0.1, 0.15) is 0 Å². The first-order chi connectivity index (χ1) is 5.85. The highest BCUT2D eigenvalue weighted by Crippen LogP contribution is 2.02. The maximum Gasteiger partial charge on any atom is 0.332 e. The largest absolute Gasteiger partial charge is 0.463 e. The Morgan fingerprint density at radius 3 is 2.38 bits per heavy atom. The van der Waals surface area contributed by atoms with Crippen molar-refractivity contribution in [2.45, 2.75) is 40.2 Å². The van der Waals surface area contributed by atoms with Crippen molar-refractivity contribution >= 4 is 5.97 Å². The lowest BCUT2D eigenvalue weighted by Gasteiger charge is -2.22. The summed E-state index contributed by atoms with van der Waals surface area (Å²) in [4.78, 5) is 11.0. The number of carbonyl (C=O) groups is 1. The molecule has 0 aromatic heterocycles. The Kier molecular flexibility index (Phi) is 4.52. The summed E-state index contributed by atoms with van der Waals surface area (Å²) in [7, 11) is 0. The van der Waals surface area contributed by atoms with Gasteiger partial charge >= 0.3 is 5.97 Å². The van der Waals surface area contributed by atoms with E-state index in [1.54, 1.807) is 6.92 Å². The van der Waals surface area contributed by atoms with Crippen LogP contribution in [0.1, 0.15) is 34.6 Å². The van der Waals surface area contributed by atoms with Crippen LogP contribution in [-0.4, -0.2) is 18.1 Å². The van der Waals surface area contributed by atoms with Gasteiger partial charge in [0, 0.05) is 17.3 Å². The van der Waals surface area contributed by atoms with Crippen molar-refractivity contribution in [2.24, 2.45) is 0 Å². The van der Waals surface area contributed by atoms with Crippen LogP contribution in [0, 0.1) is 0 Å². The quantitative estimate of drug-likeness (QED) is 0.538. The molecule has 3 nitrogen and oxygen atoms in total. The molecule has 1 N–H and O–H groups in total. The van der Waals surface area contributed by atoms with Crippen LogP contribution in [0.3, 0.4) is 0 Å². The van der Waals surface area contributed by atoms with Crippen LogP contribution in [0.4, 0.5) is 0 Å². The lowest BCUT2D eigenvalue weighted by atomic mass is 10.1. The molecule has 3 heteroatoms. The van der Waals surface area contributed by atoms with Gasteiger partial charge in [0.15, 0.2) is 0 Å². The van der Waals surface area contributed by atoms with Crippen molar-refractivity contribution in [1.82, 2.24) is 5.32 Å². The number of rotatable bonds is 3. The van der Waals surface area contributed by atoms with Crippen molar-refractivity contribution in [3.05, 3.63) is 11.8 Å². The molecule has 0 fully saturated rings. The van der Waals surface area contributed by atoms with Gasteiger partial charge in [-0.05, 0) is 34.6 Å². The molecule has 76 valence electrons. The first-order valence-electron chi connectivity index (χ1n) is 4.48. The number of hydrogen-bond donors (Lipinski definition) is 1. The zero-order valence-electron chi connectivity index (χ0n) is 9.10. The molecule has 0 heterocycles. The lowest BCUT2D eigenvalue weighted by Crippen LogP contribution is -2.34. The zero-order valence-corrected chi connectivity index (χ0v) is 9.10. The highest BCUT2D eigenvalue weighted by Gasteiger charge is 2.09. The molecule has 0 amide bonds. The van der Waals surface area contributed by atoms with Crippen LogP contribution in [-0.2, 0) is 9.53 Å². The first-order valence-corrected chi connectivity index (χ1v) is 4.48. The van der Waals surface area contributed by atoms with Crippen molar-refractivity contribution in [2.75, 3.05) is 6.61 Å². The summed E-state index contributed by atoms with van der Waals surface area (Å²) in [6.07, 6.45) is 1.47. The molecule has 0 saturated heterocycles. The minimum absolute atomic E-state index is 0.0208. The van der Waals surface area contributed by atoms with E-state index in [2.05, 4.69) is 5.32 Å². The summed E-state index contributed by atoms with van der Waals surface area (Å²) in [5.41, 5.74) is 0.804. The van der Waals surface area contributed by atoms with Crippen LogP contribution in [0.2, 0.25) is 0 Å². The van der Waals surface area contributed by atoms with Crippen LogP contribution < -0.4 is 5.32 Å². The van der Waals surface area contributed by atoms with E-state index in [9.17, 15) is 4.79 Å². The summed E-state index contributed by atoms with van der Waals surface area (Å²) < 4.78 is 4.77. The van der Waals surface area contributed by atoms with Gasteiger partial charge in [-0.1, -0.05) is 0 Å². The SMILES string of the molecule is CCOC(=O)/C=C(\C)NC(C)(C)C. The molecule has 0 atom stereocenters. The monoisotopic (exact) mass is 185 g/mol. The number of hydrogen-bond acceptors (Lipinski definition) is 3. The van der Waals surface area contributed by atoms with Gasteiger partial charge in [0.2, 0.25) is 0 Å². The molecule has 0 saturated carbocycles. The van der Waals surface area contributed by atoms with E-state index in [0.29, 0.717) is 6.61 Å². The molecule has 0 bridgehead atoms. The zero-order chi connectivity index (χ0) is 10.5. The average molecular weight is 185 g/mol. The number of carbonyl (C=O) groups excluding carboxylic acids is 1. The second-order valence-corrected chi connectivity index (χ2v) is 3.95. The number of allylic oxidation sites excluding steroid dienone is 1. The van der Waals surface area contributed by atoms with E-state index in [1.807, 2.05) is 27.7 Å². The third-order valence-electron chi connectivity index (χ3n) is 1.19. The highest BCUT2D eigenvalue weighted by molar-refractivity contribution is 5.82. The van der Waals surface area contributed by atoms with Gasteiger partial charge in [-0.3, -0.25) is 0 Å². The molecule has 0 radical (unpaired) electrons. The third-order valence-corrected chi connectivity index (χ3v) is 1.19. The van der Waals surface area contributed by atoms with E-state index in [0.717, 1.165) is 5.70 Å². The Balaban J connectivity index is 4.09. The molecule has 0 aliphatic carbocycles. The topological polar surface area (TPSA) is 38.3 Å². The third kappa shape index (κ3) is 7.37. The minimum Gasteiger partial charge on any atom is -0.463 e. The second-order valence-electron chi connectivity index (χ2n) is 3.95. The van der Waals surface area contributed by atoms with Crippen LogP contribution >= 0.6 is 0 Å². The maximum atomic E-state index is 11.0. The Labute approximate surface area is 80.2 Å². The van der Waals surface area contributed by atoms with Crippen LogP contribution in [0.5, 0.6) is 0 Å². The summed E-state index contributed by atoms with van der Waals surface area (Å²) in [6, 6.07) is 0. The predicted molar refractivity (Wildman–Crippen MR) is 53.3 cm³/mol. The lowest BCUT2D eigenvalue weighted by molar-refractivity contribution is -0.137. The van der Waals surface area contributed by atoms with Crippen LogP contribution in [0.15, 0.2) is 11.8 Å². The fraction of sp³-hybridized carbons (Fsp3) is 0.700. The van der Waals surface area contributed by atoms with Gasteiger partial charge < -0.3 is 10.1 Å². The van der Waals surface area contributed by atoms with Crippen molar-refractivity contribution < 1.29 is 9.53 Å². The molecular weight excluding hydrogens is 166 g/mol. The van der Waals surface area contributed by atoms with E-state index in [1.165, 1.54) is 6.08 Å². The van der Waals surface area contributed by atoms with Crippen molar-refractivity contribution in [3.63, 3.8) is 0 Å². The van der Waals surface area contributed by atoms with Gasteiger partial charge in [-0.15, -0.1) is 0 Å². The van der Waals surface area contributed by atoms with Gasteiger partial charge in [0.25, 0.3) is 0 Å². The van der Waals surface area contributed by atoms with Crippen molar-refractivity contribution in [3.8, 4) is 0 Å². The van der Waals surface area contributed by atoms with Gasteiger partial charge in [0.05, 0.1) is 6.61 Å². The number of ether oxygens (including phenoxy) is 1. The van der Waals surface area contributed by atoms with E-state index in [4.69, 9.17) is 4.74 Å². The van der Waals surface area contributed by atoms with E-state index >= 15 is 0 Å². The molecule has 0 aliphatic heterocycles. The Morgan fingerprint density at radius 2 is 2.00 bits per heavy atom. The molecule has 0 aliphatic rings. The molecule has 0 rings (SSSR count). The smallest absolute Gasteiger partial charge is 0.332 e. The predicted octanol–water partition coefficient (Wildman–Crippen LogP) is 1.84. The highest BCUT2D eigenvalue weighted by atomic mass is 16.5. The fourth-order valence-electron chi connectivity index (χ4n) is 0.988. The van der Waals surface area contributed by atoms with Gasteiger partial charge in [-0.2, -0.15) is 0 Å². The molecule has 0 spiro atoms. The fourth-order valence-corrected chi connectivity index (χ4v) is 0.988. The van der Waals surface area contributed by atoms with E-state index < -0.39 is 0 Å². The summed E-state index contributed by atoms with van der Waals surface area (Å²) in [5, 5.41) is 3.17. The van der Waals surface area contributed by atoms with E-state index in [-0.39, 0.29) is 11.5 Å². The number of esters is 1. The Morgan fingerprint density at radius 1 is 1.46 bits per heavy atom. The maximum absolute atomic E-state index is 11.0. The van der Waals surface area contributed by atoms with Crippen LogP contribution in [0.25, 0.3) is 0 Å². The normalized spacial score (nSPS) is 12.5. The molecule has 0 aromatic rings.